The van der Waals surface area contributed by atoms with Crippen LogP contribution in [-0.2, 0) is 13.1 Å². The summed E-state index contributed by atoms with van der Waals surface area (Å²) in [6.07, 6.45) is 1.20. The van der Waals surface area contributed by atoms with Crippen LogP contribution in [0, 0.1) is 0 Å². The van der Waals surface area contributed by atoms with Crippen molar-refractivity contribution in [1.29, 1.82) is 0 Å². The minimum absolute atomic E-state index is 0.415. The van der Waals surface area contributed by atoms with E-state index in [4.69, 9.17) is 9.72 Å². The first-order chi connectivity index (χ1) is 18.7. The van der Waals surface area contributed by atoms with Gasteiger partial charge in [-0.3, -0.25) is 0 Å². The molecule has 0 amide bonds. The van der Waals surface area contributed by atoms with Crippen LogP contribution in [0.4, 0.5) is 0 Å². The predicted molar refractivity (Wildman–Crippen MR) is 153 cm³/mol. The Balaban J connectivity index is 1.36. The summed E-state index contributed by atoms with van der Waals surface area (Å²) in [6.45, 7) is 0.862. The number of hydrogen-bond donors (Lipinski definition) is 1. The number of fused-ring (bicyclic) bond motifs is 1. The minimum Gasteiger partial charge on any atom is -0.497 e. The van der Waals surface area contributed by atoms with E-state index in [0.717, 1.165) is 50.4 Å². The average molecular weight is 500 g/mol. The number of aliphatic hydroxyl groups is 1. The second-order valence-electron chi connectivity index (χ2n) is 9.41. The molecule has 5 nitrogen and oxygen atoms in total. The van der Waals surface area contributed by atoms with Crippen LogP contribution in [0.1, 0.15) is 0 Å². The Morgan fingerprint density at radius 3 is 2.11 bits per heavy atom. The van der Waals surface area contributed by atoms with Gasteiger partial charge < -0.3 is 19.0 Å². The number of para-hydroxylation sites is 1. The summed E-state index contributed by atoms with van der Waals surface area (Å²) in [5.74, 6) is 0.819. The van der Waals surface area contributed by atoms with Crippen molar-refractivity contribution in [1.82, 2.24) is 14.1 Å². The van der Waals surface area contributed by atoms with Crippen molar-refractivity contribution in [2.24, 2.45) is 0 Å². The lowest BCUT2D eigenvalue weighted by atomic mass is 10.0. The Morgan fingerprint density at radius 2 is 1.39 bits per heavy atom. The van der Waals surface area contributed by atoms with E-state index < -0.39 is 6.10 Å². The average Bonchev–Trinajstić information content (AvgIpc) is 3.55. The predicted octanol–water partition coefficient (Wildman–Crippen LogP) is 6.91. The molecule has 38 heavy (non-hydrogen) atoms. The molecule has 6 rings (SSSR count). The van der Waals surface area contributed by atoms with Crippen molar-refractivity contribution in [2.45, 2.75) is 19.2 Å². The fourth-order valence-corrected chi connectivity index (χ4v) is 5.13. The van der Waals surface area contributed by atoms with Gasteiger partial charge in [-0.1, -0.05) is 78.9 Å². The highest BCUT2D eigenvalue weighted by atomic mass is 16.5. The van der Waals surface area contributed by atoms with Gasteiger partial charge in [0.2, 0.25) is 0 Å². The maximum absolute atomic E-state index is 11.4. The van der Waals surface area contributed by atoms with Gasteiger partial charge in [0.25, 0.3) is 0 Å². The molecule has 1 N–H and O–H groups in total. The van der Waals surface area contributed by atoms with E-state index in [1.807, 2.05) is 67.0 Å². The lowest BCUT2D eigenvalue weighted by Gasteiger charge is -2.18. The molecule has 0 aliphatic carbocycles. The molecule has 2 heterocycles. The minimum atomic E-state index is -0.636. The molecule has 4 aromatic carbocycles. The fourth-order valence-electron chi connectivity index (χ4n) is 5.13. The van der Waals surface area contributed by atoms with Crippen molar-refractivity contribution in [2.75, 3.05) is 7.11 Å². The van der Waals surface area contributed by atoms with Crippen molar-refractivity contribution >= 4 is 10.9 Å². The largest absolute Gasteiger partial charge is 0.497 e. The third-order valence-electron chi connectivity index (χ3n) is 6.93. The Hall–Kier alpha value is -4.61. The van der Waals surface area contributed by atoms with Crippen LogP contribution in [0.5, 0.6) is 5.75 Å². The number of imidazole rings is 1. The van der Waals surface area contributed by atoms with Gasteiger partial charge in [0, 0.05) is 27.7 Å². The molecule has 0 radical (unpaired) electrons. The lowest BCUT2D eigenvalue weighted by molar-refractivity contribution is 0.137. The number of ether oxygens (including phenoxy) is 1. The number of nitrogens with zero attached hydrogens (tertiary/aromatic N) is 3. The number of aliphatic hydroxyl groups excluding tert-OH is 1. The summed E-state index contributed by atoms with van der Waals surface area (Å²) in [5.41, 5.74) is 7.27. The van der Waals surface area contributed by atoms with Crippen LogP contribution in [0.2, 0.25) is 0 Å². The Bertz CT molecular complexity index is 1650. The molecule has 0 saturated heterocycles. The zero-order chi connectivity index (χ0) is 25.9. The van der Waals surface area contributed by atoms with E-state index >= 15 is 0 Å². The van der Waals surface area contributed by atoms with Gasteiger partial charge in [0.05, 0.1) is 44.0 Å². The van der Waals surface area contributed by atoms with E-state index in [0.29, 0.717) is 13.1 Å². The zero-order valence-electron chi connectivity index (χ0n) is 21.2. The third kappa shape index (κ3) is 4.60. The maximum atomic E-state index is 11.4. The zero-order valence-corrected chi connectivity index (χ0v) is 21.2. The first-order valence-corrected chi connectivity index (χ1v) is 12.8. The van der Waals surface area contributed by atoms with Crippen LogP contribution < -0.4 is 4.74 Å². The van der Waals surface area contributed by atoms with E-state index in [1.54, 1.807) is 7.11 Å². The normalized spacial score (nSPS) is 12.1. The van der Waals surface area contributed by atoms with Crippen molar-refractivity contribution in [3.05, 3.63) is 122 Å². The number of hydrogen-bond acceptors (Lipinski definition) is 3. The standard InChI is InChI=1S/C33H29N3O2/c1-38-29-18-16-24(17-19-29)31-20-27-14-8-9-15-30(27)36(31)22-28(37)21-35-23-34-32(25-10-4-2-5-11-25)33(35)26-12-6-3-7-13-26/h2-20,23,28,37H,21-22H2,1H3/t28-/m0/s1. The molecule has 1 atom stereocenters. The van der Waals surface area contributed by atoms with Crippen LogP contribution in [0.3, 0.4) is 0 Å². The van der Waals surface area contributed by atoms with Gasteiger partial charge in [-0.2, -0.15) is 0 Å². The summed E-state index contributed by atoms with van der Waals surface area (Å²) in [4.78, 5) is 4.78. The number of benzene rings is 4. The lowest BCUT2D eigenvalue weighted by Crippen LogP contribution is -2.22. The smallest absolute Gasteiger partial charge is 0.118 e. The fraction of sp³-hybridized carbons (Fsp3) is 0.121. The van der Waals surface area contributed by atoms with E-state index in [1.165, 1.54) is 0 Å². The molecular formula is C33H29N3O2. The van der Waals surface area contributed by atoms with Gasteiger partial charge in [-0.25, -0.2) is 4.98 Å². The summed E-state index contributed by atoms with van der Waals surface area (Å²) < 4.78 is 9.63. The van der Waals surface area contributed by atoms with Gasteiger partial charge >= 0.3 is 0 Å². The van der Waals surface area contributed by atoms with Crippen molar-refractivity contribution < 1.29 is 9.84 Å². The molecule has 0 bridgehead atoms. The topological polar surface area (TPSA) is 52.2 Å². The third-order valence-corrected chi connectivity index (χ3v) is 6.93. The van der Waals surface area contributed by atoms with E-state index in [9.17, 15) is 5.11 Å². The van der Waals surface area contributed by atoms with E-state index in [2.05, 4.69) is 63.7 Å². The van der Waals surface area contributed by atoms with Gasteiger partial charge in [0.15, 0.2) is 0 Å². The Labute approximate surface area is 222 Å². The van der Waals surface area contributed by atoms with Crippen molar-refractivity contribution in [3.8, 4) is 39.5 Å². The number of rotatable bonds is 8. The molecule has 0 aliphatic heterocycles. The maximum Gasteiger partial charge on any atom is 0.118 e. The van der Waals surface area contributed by atoms with Crippen LogP contribution in [0.15, 0.2) is 122 Å². The molecular weight excluding hydrogens is 470 g/mol. The first kappa shape index (κ1) is 23.8. The summed E-state index contributed by atoms with van der Waals surface area (Å²) in [6, 6.07) is 39.0. The number of methoxy groups -OCH3 is 1. The molecule has 5 heteroatoms. The molecule has 0 aliphatic rings. The highest BCUT2D eigenvalue weighted by Crippen LogP contribution is 2.33. The monoisotopic (exact) mass is 499 g/mol. The van der Waals surface area contributed by atoms with Gasteiger partial charge in [-0.15, -0.1) is 0 Å². The molecule has 2 aromatic heterocycles. The van der Waals surface area contributed by atoms with Gasteiger partial charge in [0.1, 0.15) is 5.75 Å². The van der Waals surface area contributed by atoms with Crippen LogP contribution >= 0.6 is 0 Å². The molecule has 0 unspecified atom stereocenters. The first-order valence-electron chi connectivity index (χ1n) is 12.8. The Morgan fingerprint density at radius 1 is 0.737 bits per heavy atom. The van der Waals surface area contributed by atoms with Gasteiger partial charge in [-0.05, 0) is 42.0 Å². The molecule has 0 spiro atoms. The Kier molecular flexibility index (Phi) is 6.51. The van der Waals surface area contributed by atoms with E-state index in [-0.39, 0.29) is 0 Å². The van der Waals surface area contributed by atoms with Crippen molar-refractivity contribution in [3.63, 3.8) is 0 Å². The quantitative estimate of drug-likeness (QED) is 0.248. The highest BCUT2D eigenvalue weighted by Gasteiger charge is 2.19. The highest BCUT2D eigenvalue weighted by molar-refractivity contribution is 5.87. The van der Waals surface area contributed by atoms with Crippen LogP contribution in [-0.4, -0.2) is 32.4 Å². The molecule has 0 fully saturated rings. The van der Waals surface area contributed by atoms with Crippen LogP contribution in [0.25, 0.3) is 44.7 Å². The second-order valence-corrected chi connectivity index (χ2v) is 9.41. The summed E-state index contributed by atoms with van der Waals surface area (Å²) in [7, 11) is 1.67. The second kappa shape index (κ2) is 10.4. The number of aromatic nitrogens is 3. The summed E-state index contributed by atoms with van der Waals surface area (Å²) in [5, 5.41) is 12.6. The molecule has 0 saturated carbocycles. The molecule has 6 aromatic rings. The molecule has 188 valence electrons. The summed E-state index contributed by atoms with van der Waals surface area (Å²) >= 11 is 0. The SMILES string of the molecule is COc1ccc(-c2cc3ccccc3n2C[C@@H](O)Cn2cnc(-c3ccccc3)c2-c2ccccc2)cc1.